The van der Waals surface area contributed by atoms with Crippen LogP contribution in [0.15, 0.2) is 12.1 Å². The lowest BCUT2D eigenvalue weighted by Crippen LogP contribution is -2.34. The quantitative estimate of drug-likeness (QED) is 0.442. The highest BCUT2D eigenvalue weighted by atomic mass is 16.7. The molecule has 0 atom stereocenters. The SMILES string of the molecule is COC(=O)Oc1cc(C)cc(C)c1C(C)(C)CC(=O)ON1C(=O)CCC1=O. The minimum Gasteiger partial charge on any atom is -0.437 e. The monoisotopic (exact) mass is 377 g/mol. The first-order chi connectivity index (χ1) is 12.5. The summed E-state index contributed by atoms with van der Waals surface area (Å²) in [7, 11) is 1.21. The number of carbonyl (C=O) groups is 4. The van der Waals surface area contributed by atoms with Crippen LogP contribution in [0.1, 0.15) is 49.8 Å². The molecule has 2 rings (SSSR count). The molecule has 1 aliphatic rings. The third kappa shape index (κ3) is 4.64. The van der Waals surface area contributed by atoms with Crippen molar-refractivity contribution < 1.29 is 33.5 Å². The number of hydroxylamine groups is 2. The van der Waals surface area contributed by atoms with Crippen molar-refractivity contribution in [2.24, 2.45) is 0 Å². The molecule has 0 aromatic heterocycles. The molecule has 8 nitrogen and oxygen atoms in total. The molecule has 0 bridgehead atoms. The van der Waals surface area contributed by atoms with Crippen molar-refractivity contribution in [3.63, 3.8) is 0 Å². The summed E-state index contributed by atoms with van der Waals surface area (Å²) in [5.41, 5.74) is 1.53. The minimum atomic E-state index is -0.868. The number of aryl methyl sites for hydroxylation is 2. The maximum Gasteiger partial charge on any atom is 0.513 e. The molecule has 27 heavy (non-hydrogen) atoms. The van der Waals surface area contributed by atoms with Gasteiger partial charge in [0, 0.05) is 23.8 Å². The van der Waals surface area contributed by atoms with E-state index in [0.29, 0.717) is 10.6 Å². The molecular weight excluding hydrogens is 354 g/mol. The molecule has 146 valence electrons. The second-order valence-corrected chi connectivity index (χ2v) is 7.12. The second-order valence-electron chi connectivity index (χ2n) is 7.12. The molecule has 0 N–H and O–H groups in total. The Morgan fingerprint density at radius 2 is 1.70 bits per heavy atom. The van der Waals surface area contributed by atoms with Gasteiger partial charge in [0.15, 0.2) is 0 Å². The van der Waals surface area contributed by atoms with Gasteiger partial charge in [-0.2, -0.15) is 0 Å². The number of benzene rings is 1. The molecule has 1 saturated heterocycles. The third-order valence-corrected chi connectivity index (χ3v) is 4.27. The van der Waals surface area contributed by atoms with E-state index < -0.39 is 29.4 Å². The molecule has 2 amide bonds. The number of rotatable bonds is 5. The van der Waals surface area contributed by atoms with Crippen LogP contribution in [0.2, 0.25) is 0 Å². The molecule has 0 aliphatic carbocycles. The van der Waals surface area contributed by atoms with Crippen molar-refractivity contribution in [3.05, 3.63) is 28.8 Å². The maximum absolute atomic E-state index is 12.3. The highest BCUT2D eigenvalue weighted by molar-refractivity contribution is 6.01. The van der Waals surface area contributed by atoms with E-state index in [0.717, 1.165) is 11.1 Å². The number of nitrogens with zero attached hydrogens (tertiary/aromatic N) is 1. The average Bonchev–Trinajstić information content (AvgIpc) is 2.85. The van der Waals surface area contributed by atoms with Crippen molar-refractivity contribution in [1.82, 2.24) is 5.06 Å². The molecule has 8 heteroatoms. The van der Waals surface area contributed by atoms with Gasteiger partial charge in [-0.05, 0) is 31.0 Å². The van der Waals surface area contributed by atoms with E-state index in [1.165, 1.54) is 7.11 Å². The lowest BCUT2D eigenvalue weighted by atomic mass is 9.78. The Morgan fingerprint density at radius 1 is 1.11 bits per heavy atom. The summed E-state index contributed by atoms with van der Waals surface area (Å²) in [6.45, 7) is 7.26. The van der Waals surface area contributed by atoms with E-state index in [1.807, 2.05) is 19.9 Å². The number of carbonyl (C=O) groups excluding carboxylic acids is 4. The van der Waals surface area contributed by atoms with Crippen LogP contribution < -0.4 is 4.74 Å². The number of hydrogen-bond acceptors (Lipinski definition) is 7. The van der Waals surface area contributed by atoms with Crippen molar-refractivity contribution in [2.75, 3.05) is 7.11 Å². The van der Waals surface area contributed by atoms with Gasteiger partial charge >= 0.3 is 12.1 Å². The molecule has 1 aromatic carbocycles. The van der Waals surface area contributed by atoms with Gasteiger partial charge < -0.3 is 14.3 Å². The number of hydrogen-bond donors (Lipinski definition) is 0. The van der Waals surface area contributed by atoms with Crippen LogP contribution >= 0.6 is 0 Å². The van der Waals surface area contributed by atoms with E-state index >= 15 is 0 Å². The van der Waals surface area contributed by atoms with Gasteiger partial charge in [0.1, 0.15) is 5.75 Å². The van der Waals surface area contributed by atoms with Crippen molar-refractivity contribution >= 4 is 23.9 Å². The van der Waals surface area contributed by atoms with Gasteiger partial charge in [-0.25, -0.2) is 9.59 Å². The summed E-state index contributed by atoms with van der Waals surface area (Å²) in [6, 6.07) is 3.58. The van der Waals surface area contributed by atoms with Crippen LogP contribution in [-0.4, -0.2) is 36.1 Å². The Kier molecular flexibility index (Phi) is 5.88. The number of methoxy groups -OCH3 is 1. The van der Waals surface area contributed by atoms with Crippen molar-refractivity contribution in [2.45, 2.75) is 52.4 Å². The Bertz CT molecular complexity index is 781. The molecule has 1 fully saturated rings. The van der Waals surface area contributed by atoms with Crippen LogP contribution in [0.3, 0.4) is 0 Å². The summed E-state index contributed by atoms with van der Waals surface area (Å²) in [6.07, 6.45) is -0.938. The topological polar surface area (TPSA) is 99.2 Å². The third-order valence-electron chi connectivity index (χ3n) is 4.27. The highest BCUT2D eigenvalue weighted by Crippen LogP contribution is 2.38. The van der Waals surface area contributed by atoms with Gasteiger partial charge in [-0.15, -0.1) is 5.06 Å². The number of imide groups is 1. The largest absolute Gasteiger partial charge is 0.513 e. The van der Waals surface area contributed by atoms with Gasteiger partial charge in [-0.3, -0.25) is 9.59 Å². The van der Waals surface area contributed by atoms with E-state index in [4.69, 9.17) is 9.57 Å². The average molecular weight is 377 g/mol. The number of amides is 2. The molecular formula is C19H23NO7. The zero-order chi connectivity index (χ0) is 20.4. The first kappa shape index (κ1) is 20.4. The predicted molar refractivity (Wildman–Crippen MR) is 93.8 cm³/mol. The normalized spacial score (nSPS) is 14.3. The Morgan fingerprint density at radius 3 is 2.26 bits per heavy atom. The Labute approximate surface area is 157 Å². The van der Waals surface area contributed by atoms with E-state index in [9.17, 15) is 19.2 Å². The van der Waals surface area contributed by atoms with Gasteiger partial charge in [0.2, 0.25) is 0 Å². The molecule has 1 heterocycles. The molecule has 1 aromatic rings. The number of ether oxygens (including phenoxy) is 2. The Balaban J connectivity index is 2.27. The van der Waals surface area contributed by atoms with Crippen LogP contribution in [0.4, 0.5) is 4.79 Å². The van der Waals surface area contributed by atoms with Crippen LogP contribution in [0, 0.1) is 13.8 Å². The van der Waals surface area contributed by atoms with E-state index in [2.05, 4.69) is 4.74 Å². The molecule has 1 aliphatic heterocycles. The lowest BCUT2D eigenvalue weighted by molar-refractivity contribution is -0.198. The van der Waals surface area contributed by atoms with Gasteiger partial charge in [0.25, 0.3) is 11.8 Å². The van der Waals surface area contributed by atoms with Crippen molar-refractivity contribution in [1.29, 1.82) is 0 Å². The fourth-order valence-corrected chi connectivity index (χ4v) is 3.25. The predicted octanol–water partition coefficient (Wildman–Crippen LogP) is 2.72. The van der Waals surface area contributed by atoms with Crippen LogP contribution in [0.25, 0.3) is 0 Å². The van der Waals surface area contributed by atoms with Crippen LogP contribution in [-0.2, 0) is 29.4 Å². The fourth-order valence-electron chi connectivity index (χ4n) is 3.25. The lowest BCUT2D eigenvalue weighted by Gasteiger charge is -2.28. The zero-order valence-corrected chi connectivity index (χ0v) is 16.1. The first-order valence-corrected chi connectivity index (χ1v) is 8.49. The summed E-state index contributed by atoms with van der Waals surface area (Å²) in [5, 5.41) is 0.520. The molecule has 0 spiro atoms. The minimum absolute atomic E-state index is 0.0314. The van der Waals surface area contributed by atoms with Crippen LogP contribution in [0.5, 0.6) is 5.75 Å². The summed E-state index contributed by atoms with van der Waals surface area (Å²) in [4.78, 5) is 52.1. The molecule has 0 unspecified atom stereocenters. The van der Waals surface area contributed by atoms with Gasteiger partial charge in [0.05, 0.1) is 13.5 Å². The summed E-state index contributed by atoms with van der Waals surface area (Å²) < 4.78 is 9.82. The fraction of sp³-hybridized carbons (Fsp3) is 0.474. The second kappa shape index (κ2) is 7.77. The standard InChI is InChI=1S/C19H23NO7/c1-11-8-12(2)17(13(9-11)26-18(24)25-5)19(3,4)10-16(23)27-20-14(21)6-7-15(20)22/h8-9H,6-7,10H2,1-5H3. The molecule has 0 radical (unpaired) electrons. The highest BCUT2D eigenvalue weighted by Gasteiger charge is 2.36. The Hall–Kier alpha value is -2.90. The van der Waals surface area contributed by atoms with Gasteiger partial charge in [-0.1, -0.05) is 19.9 Å². The summed E-state index contributed by atoms with van der Waals surface area (Å²) >= 11 is 0. The maximum atomic E-state index is 12.3. The van der Waals surface area contributed by atoms with Crippen molar-refractivity contribution in [3.8, 4) is 5.75 Å². The smallest absolute Gasteiger partial charge is 0.437 e. The first-order valence-electron chi connectivity index (χ1n) is 8.49. The van der Waals surface area contributed by atoms with E-state index in [-0.39, 0.29) is 25.0 Å². The molecule has 0 saturated carbocycles. The zero-order valence-electron chi connectivity index (χ0n) is 16.1. The van der Waals surface area contributed by atoms with E-state index in [1.54, 1.807) is 19.9 Å². The summed E-state index contributed by atoms with van der Waals surface area (Å²) in [5.74, 6) is -1.52.